The molecule has 2 heteroatoms. The van der Waals surface area contributed by atoms with Crippen molar-refractivity contribution in [3.05, 3.63) is 42.5 Å². The summed E-state index contributed by atoms with van der Waals surface area (Å²) in [4.78, 5) is 0. The van der Waals surface area contributed by atoms with Gasteiger partial charge >= 0.3 is 0 Å². The molecule has 0 heterocycles. The van der Waals surface area contributed by atoms with Gasteiger partial charge in [-0.15, -0.1) is 43.3 Å². The second kappa shape index (κ2) is 8.02. The second-order valence-electron chi connectivity index (χ2n) is 1.72. The number of thioether (sulfide) groups is 2. The Labute approximate surface area is 77.8 Å². The Morgan fingerprint density at radius 2 is 1.45 bits per heavy atom. The first-order chi connectivity index (χ1) is 5.35. The number of hydrogen-bond acceptors (Lipinski definition) is 2. The van der Waals surface area contributed by atoms with Crippen LogP contribution in [0.1, 0.15) is 0 Å². The summed E-state index contributed by atoms with van der Waals surface area (Å²) in [5.41, 5.74) is 0. The van der Waals surface area contributed by atoms with Gasteiger partial charge in [0.05, 0.1) is 0 Å². The Balaban J connectivity index is 3.47. The van der Waals surface area contributed by atoms with Crippen LogP contribution in [0.5, 0.6) is 0 Å². The normalized spacial score (nSPS) is 9.55. The molecule has 0 nitrogen and oxygen atoms in total. The highest BCUT2D eigenvalue weighted by Crippen LogP contribution is 2.32. The van der Waals surface area contributed by atoms with Crippen molar-refractivity contribution in [1.29, 1.82) is 0 Å². The molecule has 1 radical (unpaired) electrons. The van der Waals surface area contributed by atoms with E-state index < -0.39 is 0 Å². The van der Waals surface area contributed by atoms with Crippen molar-refractivity contribution in [2.75, 3.05) is 11.5 Å². The molecule has 0 aliphatic heterocycles. The first-order valence-corrected chi connectivity index (χ1v) is 5.29. The first kappa shape index (κ1) is 10.9. The molecule has 0 bridgehead atoms. The van der Waals surface area contributed by atoms with Gasteiger partial charge in [-0.2, -0.15) is 0 Å². The summed E-state index contributed by atoms with van der Waals surface area (Å²) in [5, 5.41) is 0. The molecule has 11 heavy (non-hydrogen) atoms. The average molecular weight is 185 g/mol. The molecule has 61 valence electrons. The monoisotopic (exact) mass is 185 g/mol. The van der Waals surface area contributed by atoms with Crippen LogP contribution in [0.15, 0.2) is 38.0 Å². The summed E-state index contributed by atoms with van der Waals surface area (Å²) in [6.45, 7) is 11.0. The predicted molar refractivity (Wildman–Crippen MR) is 58.8 cm³/mol. The Bertz CT molecular complexity index is 118. The van der Waals surface area contributed by atoms with Gasteiger partial charge in [-0.25, -0.2) is 0 Å². The van der Waals surface area contributed by atoms with Crippen LogP contribution in [0.2, 0.25) is 0 Å². The molecule has 0 saturated carbocycles. The van der Waals surface area contributed by atoms with Crippen LogP contribution in [0.3, 0.4) is 0 Å². The zero-order chi connectivity index (χ0) is 8.53. The van der Waals surface area contributed by atoms with E-state index in [4.69, 9.17) is 0 Å². The SMILES string of the molecule is C=CCS[C](C=C)SCC=C. The van der Waals surface area contributed by atoms with Gasteiger partial charge in [0.2, 0.25) is 0 Å². The lowest BCUT2D eigenvalue weighted by atomic mass is 10.7. The average Bonchev–Trinajstić information content (AvgIpc) is 2.05. The Hall–Kier alpha value is -0.0800. The van der Waals surface area contributed by atoms with Gasteiger partial charge in [-0.05, 0) is 0 Å². The van der Waals surface area contributed by atoms with Crippen molar-refractivity contribution in [2.24, 2.45) is 0 Å². The van der Waals surface area contributed by atoms with Crippen LogP contribution >= 0.6 is 23.5 Å². The van der Waals surface area contributed by atoms with E-state index in [0.29, 0.717) is 0 Å². The van der Waals surface area contributed by atoms with Gasteiger partial charge < -0.3 is 0 Å². The molecular formula is C9H13S2. The highest BCUT2D eigenvalue weighted by molar-refractivity contribution is 8.21. The van der Waals surface area contributed by atoms with Crippen molar-refractivity contribution >= 4 is 23.5 Å². The third kappa shape index (κ3) is 6.32. The third-order valence-corrected chi connectivity index (χ3v) is 3.27. The molecule has 0 atom stereocenters. The van der Waals surface area contributed by atoms with Gasteiger partial charge in [0.25, 0.3) is 0 Å². The molecule has 0 aromatic rings. The van der Waals surface area contributed by atoms with Crippen LogP contribution < -0.4 is 0 Å². The Morgan fingerprint density at radius 1 is 1.00 bits per heavy atom. The highest BCUT2D eigenvalue weighted by Gasteiger charge is 2.02. The molecule has 0 spiro atoms. The molecule has 0 rings (SSSR count). The summed E-state index contributed by atoms with van der Waals surface area (Å²) in [6.07, 6.45) is 5.66. The molecule has 0 saturated heterocycles. The van der Waals surface area contributed by atoms with Gasteiger partial charge in [0.1, 0.15) is 4.58 Å². The Kier molecular flexibility index (Phi) is 7.96. The fourth-order valence-electron chi connectivity index (χ4n) is 0.442. The maximum absolute atomic E-state index is 3.72. The summed E-state index contributed by atoms with van der Waals surface area (Å²) in [5.74, 6) is 1.90. The van der Waals surface area contributed by atoms with E-state index >= 15 is 0 Å². The number of hydrogen-bond donors (Lipinski definition) is 0. The van der Waals surface area contributed by atoms with Crippen molar-refractivity contribution in [3.8, 4) is 0 Å². The lowest BCUT2D eigenvalue weighted by Crippen LogP contribution is -1.82. The smallest absolute Gasteiger partial charge is 0.107 e. The molecule has 0 aromatic carbocycles. The van der Waals surface area contributed by atoms with Gasteiger partial charge in [0, 0.05) is 11.5 Å². The lowest BCUT2D eigenvalue weighted by molar-refractivity contribution is 1.77. The van der Waals surface area contributed by atoms with Crippen LogP contribution in [-0.2, 0) is 0 Å². The molecule has 0 fully saturated rings. The topological polar surface area (TPSA) is 0 Å². The van der Waals surface area contributed by atoms with Crippen molar-refractivity contribution < 1.29 is 0 Å². The minimum atomic E-state index is 0.950. The van der Waals surface area contributed by atoms with Crippen LogP contribution in [0.25, 0.3) is 0 Å². The quantitative estimate of drug-likeness (QED) is 0.557. The van der Waals surface area contributed by atoms with E-state index in [0.717, 1.165) is 11.5 Å². The van der Waals surface area contributed by atoms with Gasteiger partial charge in [-0.3, -0.25) is 0 Å². The largest absolute Gasteiger partial charge is 0.133 e. The van der Waals surface area contributed by atoms with E-state index in [9.17, 15) is 0 Å². The standard InChI is InChI=1S/C9H13S2/c1-4-7-10-9(6-3)11-8-5-2/h4-6H,1-3,7-8H2. The van der Waals surface area contributed by atoms with E-state index in [1.54, 1.807) is 23.5 Å². The molecule has 0 N–H and O–H groups in total. The van der Waals surface area contributed by atoms with Crippen molar-refractivity contribution in [2.45, 2.75) is 0 Å². The van der Waals surface area contributed by atoms with Crippen LogP contribution in [-0.4, -0.2) is 11.5 Å². The van der Waals surface area contributed by atoms with E-state index in [1.807, 2.05) is 18.2 Å². The maximum Gasteiger partial charge on any atom is 0.107 e. The molecule has 0 aliphatic rings. The zero-order valence-corrected chi connectivity index (χ0v) is 8.22. The minimum Gasteiger partial charge on any atom is -0.133 e. The molecule has 0 amide bonds. The van der Waals surface area contributed by atoms with Crippen LogP contribution in [0.4, 0.5) is 0 Å². The fraction of sp³-hybridized carbons (Fsp3) is 0.222. The minimum absolute atomic E-state index is 0.950. The molecule has 0 aromatic heterocycles. The summed E-state index contributed by atoms with van der Waals surface area (Å²) in [7, 11) is 0. The zero-order valence-electron chi connectivity index (χ0n) is 6.58. The molecule has 0 unspecified atom stereocenters. The summed E-state index contributed by atoms with van der Waals surface area (Å²) >= 11 is 3.51. The predicted octanol–water partition coefficient (Wildman–Crippen LogP) is 3.50. The Morgan fingerprint density at radius 3 is 1.73 bits per heavy atom. The van der Waals surface area contributed by atoms with Crippen molar-refractivity contribution in [3.63, 3.8) is 0 Å². The fourth-order valence-corrected chi connectivity index (χ4v) is 1.98. The van der Waals surface area contributed by atoms with Crippen molar-refractivity contribution in [1.82, 2.24) is 0 Å². The summed E-state index contributed by atoms with van der Waals surface area (Å²) < 4.78 is 1.24. The van der Waals surface area contributed by atoms with Gasteiger partial charge in [0.15, 0.2) is 0 Å². The highest BCUT2D eigenvalue weighted by atomic mass is 32.2. The lowest BCUT2D eigenvalue weighted by Gasteiger charge is -2.06. The first-order valence-electron chi connectivity index (χ1n) is 3.32. The third-order valence-electron chi connectivity index (χ3n) is 0.854. The van der Waals surface area contributed by atoms with Gasteiger partial charge in [-0.1, -0.05) is 18.2 Å². The van der Waals surface area contributed by atoms with E-state index in [-0.39, 0.29) is 0 Å². The summed E-state index contributed by atoms with van der Waals surface area (Å²) in [6, 6.07) is 0. The van der Waals surface area contributed by atoms with E-state index in [2.05, 4.69) is 19.7 Å². The van der Waals surface area contributed by atoms with E-state index in [1.165, 1.54) is 4.58 Å². The number of rotatable bonds is 7. The maximum atomic E-state index is 3.72. The molecule has 0 aliphatic carbocycles. The second-order valence-corrected chi connectivity index (χ2v) is 4.10. The van der Waals surface area contributed by atoms with Crippen LogP contribution in [0, 0.1) is 4.58 Å². The molecular weight excluding hydrogens is 172 g/mol.